The Kier molecular flexibility index (Phi) is 8.92. The maximum absolute atomic E-state index is 6.79. The molecule has 1 aliphatic rings. The molecule has 0 aliphatic carbocycles. The van der Waals surface area contributed by atoms with Crippen molar-refractivity contribution in [1.82, 2.24) is 4.98 Å². The molecule has 4 heterocycles. The van der Waals surface area contributed by atoms with Crippen LogP contribution in [0.3, 0.4) is 0 Å². The predicted octanol–water partition coefficient (Wildman–Crippen LogP) is 15.3. The van der Waals surface area contributed by atoms with Gasteiger partial charge in [0.2, 0.25) is 0 Å². The Hall–Kier alpha value is -6.21. The third-order valence-corrected chi connectivity index (χ3v) is 13.3. The first-order valence-electron chi connectivity index (χ1n) is 19.8. The molecule has 58 heavy (non-hydrogen) atoms. The van der Waals surface area contributed by atoms with E-state index < -0.39 is 0 Å². The molecule has 6 heteroatoms. The van der Waals surface area contributed by atoms with Crippen LogP contribution in [0.2, 0.25) is 0 Å². The van der Waals surface area contributed by atoms with E-state index in [9.17, 15) is 0 Å². The second-order valence-corrected chi connectivity index (χ2v) is 18.1. The minimum absolute atomic E-state index is 0.00384. The van der Waals surface area contributed by atoms with Gasteiger partial charge in [0.15, 0.2) is 5.06 Å². The fourth-order valence-electron chi connectivity index (χ4n) is 8.32. The van der Waals surface area contributed by atoms with E-state index in [1.165, 1.54) is 70.5 Å². The Labute approximate surface area is 347 Å². The van der Waals surface area contributed by atoms with Crippen molar-refractivity contribution in [3.63, 3.8) is 0 Å². The van der Waals surface area contributed by atoms with Crippen LogP contribution in [0.25, 0.3) is 64.5 Å². The van der Waals surface area contributed by atoms with Crippen LogP contribution < -0.4 is 14.5 Å². The van der Waals surface area contributed by atoms with Crippen molar-refractivity contribution in [1.29, 1.82) is 0 Å². The Balaban J connectivity index is 1.02. The van der Waals surface area contributed by atoms with E-state index in [1.807, 2.05) is 6.20 Å². The van der Waals surface area contributed by atoms with Gasteiger partial charge in [-0.15, -0.1) is 11.3 Å². The van der Waals surface area contributed by atoms with Gasteiger partial charge in [-0.3, -0.25) is 4.98 Å². The first-order valence-corrected chi connectivity index (χ1v) is 21.5. The van der Waals surface area contributed by atoms with Crippen molar-refractivity contribution >= 4 is 65.0 Å². The van der Waals surface area contributed by atoms with Crippen LogP contribution in [0, 0.1) is 0 Å². The largest absolute Gasteiger partial charge is 0.447 e. The van der Waals surface area contributed by atoms with Crippen molar-refractivity contribution in [2.45, 2.75) is 40.0 Å². The van der Waals surface area contributed by atoms with Gasteiger partial charge in [-0.25, -0.2) is 0 Å². The summed E-state index contributed by atoms with van der Waals surface area (Å²) in [5.41, 5.74) is 13.0. The average molecular weight is 790 g/mol. The van der Waals surface area contributed by atoms with Crippen LogP contribution >= 0.6 is 22.7 Å². The van der Waals surface area contributed by atoms with Gasteiger partial charge in [-0.2, -0.15) is 0 Å². The number of benzene rings is 6. The summed E-state index contributed by atoms with van der Waals surface area (Å²) < 4.78 is 9.27. The summed E-state index contributed by atoms with van der Waals surface area (Å²) in [6.07, 6.45) is 1.96. The molecule has 0 fully saturated rings. The van der Waals surface area contributed by atoms with E-state index in [4.69, 9.17) is 9.72 Å². The van der Waals surface area contributed by atoms with Gasteiger partial charge in [0.05, 0.1) is 18.1 Å². The van der Waals surface area contributed by atoms with Crippen molar-refractivity contribution in [2.24, 2.45) is 0 Å². The highest BCUT2D eigenvalue weighted by molar-refractivity contribution is 7.21. The Morgan fingerprint density at radius 3 is 2.03 bits per heavy atom. The normalized spacial score (nSPS) is 13.4. The van der Waals surface area contributed by atoms with Gasteiger partial charge in [-0.05, 0) is 106 Å². The van der Waals surface area contributed by atoms with Crippen molar-refractivity contribution in [3.8, 4) is 44.3 Å². The third kappa shape index (κ3) is 6.43. The number of rotatable bonds is 7. The van der Waals surface area contributed by atoms with Gasteiger partial charge in [0.25, 0.3) is 0 Å². The fraction of sp³-hybridized carbons (Fsp3) is 0.135. The number of hydrogen-bond acceptors (Lipinski definition) is 6. The van der Waals surface area contributed by atoms with E-state index in [1.54, 1.807) is 22.7 Å². The Morgan fingerprint density at radius 1 is 0.621 bits per heavy atom. The molecule has 0 saturated heterocycles. The number of aromatic nitrogens is 1. The molecule has 1 aliphatic heterocycles. The van der Waals surface area contributed by atoms with Crippen LogP contribution in [0.15, 0.2) is 169 Å². The first-order chi connectivity index (χ1) is 28.2. The van der Waals surface area contributed by atoms with Crippen molar-refractivity contribution in [2.75, 3.05) is 16.5 Å². The van der Waals surface area contributed by atoms with Crippen LogP contribution in [0.5, 0.6) is 10.8 Å². The predicted molar refractivity (Wildman–Crippen MR) is 249 cm³/mol. The quantitative estimate of drug-likeness (QED) is 0.161. The Morgan fingerprint density at radius 2 is 1.31 bits per heavy atom. The number of hydrogen-bond donors (Lipinski definition) is 0. The maximum Gasteiger partial charge on any atom is 0.182 e. The molecular weight excluding hydrogens is 747 g/mol. The van der Waals surface area contributed by atoms with Gasteiger partial charge in [0, 0.05) is 66.9 Å². The number of pyridine rings is 1. The number of nitrogens with zero attached hydrogens (tertiary/aromatic N) is 3. The number of anilines is 2. The number of fused-ring (bicyclic) bond motifs is 3. The van der Waals surface area contributed by atoms with Crippen molar-refractivity contribution < 1.29 is 4.74 Å². The van der Waals surface area contributed by atoms with E-state index in [0.717, 1.165) is 33.1 Å². The van der Waals surface area contributed by atoms with E-state index in [0.29, 0.717) is 6.67 Å². The number of ether oxygens (including phenoxy) is 1. The lowest BCUT2D eigenvalue weighted by Crippen LogP contribution is -2.27. The molecule has 0 atom stereocenters. The summed E-state index contributed by atoms with van der Waals surface area (Å²) in [6, 6.07) is 52.5. The molecule has 10 rings (SSSR count). The lowest BCUT2D eigenvalue weighted by molar-refractivity contribution is 0.497. The van der Waals surface area contributed by atoms with Crippen LogP contribution in [0.4, 0.5) is 11.4 Å². The van der Waals surface area contributed by atoms with E-state index in [-0.39, 0.29) is 5.41 Å². The molecular formula is C52H43N3OS2. The molecule has 0 saturated carbocycles. The van der Waals surface area contributed by atoms with Gasteiger partial charge in [0.1, 0.15) is 5.75 Å². The average Bonchev–Trinajstić information content (AvgIpc) is 3.95. The molecule has 4 nitrogen and oxygen atoms in total. The summed E-state index contributed by atoms with van der Waals surface area (Å²) in [6.45, 7) is 11.9. The maximum atomic E-state index is 6.79. The second-order valence-electron chi connectivity index (χ2n) is 16.1. The summed E-state index contributed by atoms with van der Waals surface area (Å²) >= 11 is 3.48. The lowest BCUT2D eigenvalue weighted by Gasteiger charge is -2.28. The molecule has 6 aromatic carbocycles. The minimum Gasteiger partial charge on any atom is -0.447 e. The standard InChI is InChI=1S/C52H43N3OS2/c1-33-34(2)55(51-42(35-14-8-6-9-15-35)20-13-21-43(51)36-16-10-7-11-17-36)32-54(33)40-18-12-19-41(30-40)56-49-31-45-48(58-49)28-38-27-47-37(23-25-57-47)26-44(38)50(45)46-29-39(22-24-53-46)52(3,4)5/h6-31H,32H2,1-5H3. The van der Waals surface area contributed by atoms with Crippen molar-refractivity contribution in [3.05, 3.63) is 174 Å². The SMILES string of the molecule is CC1=C(C)N(c2c(-c3ccccc3)cccc2-c2ccccc2)CN1c1cccc(Oc2cc3c(-c4cc(C(C)(C)C)ccn4)c4cc5ccsc5cc4cc3s2)c1. The highest BCUT2D eigenvalue weighted by Crippen LogP contribution is 2.47. The molecule has 0 unspecified atom stereocenters. The lowest BCUT2D eigenvalue weighted by atomic mass is 9.86. The minimum atomic E-state index is 0.00384. The van der Waals surface area contributed by atoms with Crippen LogP contribution in [0.1, 0.15) is 40.2 Å². The Bertz CT molecular complexity index is 2970. The summed E-state index contributed by atoms with van der Waals surface area (Å²) in [5.74, 6) is 0.807. The number of para-hydroxylation sites is 1. The van der Waals surface area contributed by atoms with E-state index >= 15 is 0 Å². The molecule has 0 N–H and O–H groups in total. The van der Waals surface area contributed by atoms with E-state index in [2.05, 4.69) is 195 Å². The van der Waals surface area contributed by atoms with Gasteiger partial charge < -0.3 is 14.5 Å². The molecule has 0 bridgehead atoms. The number of allylic oxidation sites excluding steroid dienone is 2. The fourth-order valence-corrected chi connectivity index (χ4v) is 10.1. The molecule has 0 spiro atoms. The summed E-state index contributed by atoms with van der Waals surface area (Å²) in [4.78, 5) is 9.85. The molecule has 0 amide bonds. The monoisotopic (exact) mass is 789 g/mol. The highest BCUT2D eigenvalue weighted by Gasteiger charge is 2.30. The zero-order valence-electron chi connectivity index (χ0n) is 33.3. The number of thiophene rings is 2. The molecule has 0 radical (unpaired) electrons. The zero-order valence-corrected chi connectivity index (χ0v) is 34.9. The highest BCUT2D eigenvalue weighted by atomic mass is 32.1. The molecule has 284 valence electrons. The van der Waals surface area contributed by atoms with Gasteiger partial charge >= 0.3 is 0 Å². The summed E-state index contributed by atoms with van der Waals surface area (Å²) in [5, 5.41) is 7.88. The van der Waals surface area contributed by atoms with Crippen LogP contribution in [-0.4, -0.2) is 11.7 Å². The molecule has 3 aromatic heterocycles. The second kappa shape index (κ2) is 14.3. The van der Waals surface area contributed by atoms with Crippen LogP contribution in [-0.2, 0) is 5.41 Å². The smallest absolute Gasteiger partial charge is 0.182 e. The first kappa shape index (κ1) is 36.2. The summed E-state index contributed by atoms with van der Waals surface area (Å²) in [7, 11) is 0. The molecule has 9 aromatic rings. The third-order valence-electron chi connectivity index (χ3n) is 11.5. The zero-order chi connectivity index (χ0) is 39.5. The van der Waals surface area contributed by atoms with Gasteiger partial charge in [-0.1, -0.05) is 117 Å². The topological polar surface area (TPSA) is 28.6 Å².